The molecule has 8 heteroatoms. The van der Waals surface area contributed by atoms with Gasteiger partial charge in [0.1, 0.15) is 5.15 Å². The zero-order valence-electron chi connectivity index (χ0n) is 14.7. The standard InChI is InChI=1S/C19H19ClN2O4S/c1-26-19(23)22-14-8-9-15(22)18(17(14)12-7-10-16(20)21-11-12)27(24,25)13-5-3-2-4-6-13/h2-7,10-11,14-15,17-18H,8-9H2,1H3. The molecule has 4 unspecified atom stereocenters. The van der Waals surface area contributed by atoms with Gasteiger partial charge in [0.05, 0.1) is 23.3 Å². The summed E-state index contributed by atoms with van der Waals surface area (Å²) in [6, 6.07) is 11.2. The Bertz CT molecular complexity index is 949. The number of carbonyl (C=O) groups is 1. The number of nitrogens with zero attached hydrogens (tertiary/aromatic N) is 2. The highest BCUT2D eigenvalue weighted by Gasteiger charge is 2.60. The first-order valence-corrected chi connectivity index (χ1v) is 10.6. The average Bonchev–Trinajstić information content (AvgIpc) is 3.25. The molecule has 2 aromatic rings. The minimum absolute atomic E-state index is 0.242. The quantitative estimate of drug-likeness (QED) is 0.731. The van der Waals surface area contributed by atoms with Crippen molar-refractivity contribution in [2.24, 2.45) is 0 Å². The predicted octanol–water partition coefficient (Wildman–Crippen LogP) is 3.27. The third-order valence-corrected chi connectivity index (χ3v) is 8.05. The Morgan fingerprint density at radius 2 is 1.85 bits per heavy atom. The van der Waals surface area contributed by atoms with Crippen LogP contribution in [0.15, 0.2) is 53.6 Å². The minimum Gasteiger partial charge on any atom is -0.453 e. The first-order valence-electron chi connectivity index (χ1n) is 8.72. The number of halogens is 1. The summed E-state index contributed by atoms with van der Waals surface area (Å²) in [7, 11) is -2.34. The number of rotatable bonds is 3. The molecule has 0 saturated carbocycles. The van der Waals surface area contributed by atoms with E-state index in [9.17, 15) is 13.2 Å². The Morgan fingerprint density at radius 1 is 1.15 bits per heavy atom. The van der Waals surface area contributed by atoms with Crippen LogP contribution in [0.2, 0.25) is 5.15 Å². The van der Waals surface area contributed by atoms with E-state index in [0.717, 1.165) is 12.0 Å². The first-order chi connectivity index (χ1) is 12.9. The first kappa shape index (κ1) is 18.3. The molecule has 2 aliphatic heterocycles. The van der Waals surface area contributed by atoms with Crippen LogP contribution in [-0.4, -0.2) is 48.8 Å². The molecule has 142 valence electrons. The Kier molecular flexibility index (Phi) is 4.60. The molecule has 0 spiro atoms. The summed E-state index contributed by atoms with van der Waals surface area (Å²) in [5.41, 5.74) is 0.769. The molecule has 0 radical (unpaired) electrons. The third kappa shape index (κ3) is 2.89. The smallest absolute Gasteiger partial charge is 0.410 e. The number of amides is 1. The molecule has 2 bridgehead atoms. The van der Waals surface area contributed by atoms with Crippen molar-refractivity contribution in [3.63, 3.8) is 0 Å². The molecular formula is C19H19ClN2O4S. The topological polar surface area (TPSA) is 76.6 Å². The zero-order chi connectivity index (χ0) is 19.2. The highest BCUT2D eigenvalue weighted by Crippen LogP contribution is 2.51. The molecule has 2 saturated heterocycles. The van der Waals surface area contributed by atoms with Crippen LogP contribution in [0.1, 0.15) is 24.3 Å². The fourth-order valence-electron chi connectivity index (χ4n) is 4.54. The molecule has 27 heavy (non-hydrogen) atoms. The number of aromatic nitrogens is 1. The van der Waals surface area contributed by atoms with Crippen molar-refractivity contribution in [1.29, 1.82) is 0 Å². The number of methoxy groups -OCH3 is 1. The Hall–Kier alpha value is -2.12. The molecule has 0 N–H and O–H groups in total. The van der Waals surface area contributed by atoms with Crippen LogP contribution in [0.3, 0.4) is 0 Å². The second kappa shape index (κ2) is 6.80. The Labute approximate surface area is 163 Å². The van der Waals surface area contributed by atoms with Gasteiger partial charge < -0.3 is 9.64 Å². The number of hydrogen-bond acceptors (Lipinski definition) is 5. The summed E-state index contributed by atoms with van der Waals surface area (Å²) in [6.07, 6.45) is 2.48. The number of pyridine rings is 1. The van der Waals surface area contributed by atoms with Crippen molar-refractivity contribution in [1.82, 2.24) is 9.88 Å². The van der Waals surface area contributed by atoms with E-state index in [4.69, 9.17) is 16.3 Å². The zero-order valence-corrected chi connectivity index (χ0v) is 16.2. The summed E-state index contributed by atoms with van der Waals surface area (Å²) < 4.78 is 32.0. The summed E-state index contributed by atoms with van der Waals surface area (Å²) in [5.74, 6) is -0.377. The molecule has 3 heterocycles. The molecule has 0 aliphatic carbocycles. The molecule has 4 rings (SSSR count). The van der Waals surface area contributed by atoms with Crippen LogP contribution in [-0.2, 0) is 14.6 Å². The lowest BCUT2D eigenvalue weighted by atomic mass is 9.84. The van der Waals surface area contributed by atoms with Gasteiger partial charge in [-0.25, -0.2) is 18.2 Å². The van der Waals surface area contributed by atoms with Crippen LogP contribution in [0.4, 0.5) is 4.79 Å². The molecule has 2 fully saturated rings. The second-order valence-corrected chi connectivity index (χ2v) is 9.35. The van der Waals surface area contributed by atoms with Crippen molar-refractivity contribution < 1.29 is 17.9 Å². The van der Waals surface area contributed by atoms with E-state index in [1.165, 1.54) is 7.11 Å². The van der Waals surface area contributed by atoms with Crippen molar-refractivity contribution in [2.75, 3.05) is 7.11 Å². The van der Waals surface area contributed by atoms with Gasteiger partial charge in [-0.05, 0) is 36.6 Å². The SMILES string of the molecule is COC(=O)N1C2CCC1C(S(=O)(=O)c1ccccc1)C2c1ccc(Cl)nc1. The van der Waals surface area contributed by atoms with Gasteiger partial charge in [0, 0.05) is 18.2 Å². The Balaban J connectivity index is 1.84. The van der Waals surface area contributed by atoms with Gasteiger partial charge in [-0.15, -0.1) is 0 Å². The van der Waals surface area contributed by atoms with Crippen LogP contribution < -0.4 is 0 Å². The summed E-state index contributed by atoms with van der Waals surface area (Å²) in [5, 5.41) is -0.407. The van der Waals surface area contributed by atoms with Crippen molar-refractivity contribution >= 4 is 27.5 Å². The predicted molar refractivity (Wildman–Crippen MR) is 100 cm³/mol. The second-order valence-electron chi connectivity index (χ2n) is 6.85. The fraction of sp³-hybridized carbons (Fsp3) is 0.368. The molecule has 1 amide bonds. The van der Waals surface area contributed by atoms with E-state index in [2.05, 4.69) is 4.98 Å². The lowest BCUT2D eigenvalue weighted by Crippen LogP contribution is -2.40. The maximum Gasteiger partial charge on any atom is 0.410 e. The molecular weight excluding hydrogens is 388 g/mol. The largest absolute Gasteiger partial charge is 0.453 e. The lowest BCUT2D eigenvalue weighted by Gasteiger charge is -2.28. The van der Waals surface area contributed by atoms with E-state index in [0.29, 0.717) is 11.6 Å². The molecule has 2 aliphatic rings. The maximum atomic E-state index is 13.5. The van der Waals surface area contributed by atoms with Crippen LogP contribution in [0.25, 0.3) is 0 Å². The Morgan fingerprint density at radius 3 is 2.48 bits per heavy atom. The minimum atomic E-state index is -3.66. The van der Waals surface area contributed by atoms with E-state index < -0.39 is 27.2 Å². The highest BCUT2D eigenvalue weighted by atomic mass is 35.5. The number of ether oxygens (including phenoxy) is 1. The van der Waals surface area contributed by atoms with Gasteiger partial charge in [-0.2, -0.15) is 0 Å². The number of carbonyl (C=O) groups excluding carboxylic acids is 1. The van der Waals surface area contributed by atoms with E-state index in [-0.39, 0.29) is 16.9 Å². The van der Waals surface area contributed by atoms with Gasteiger partial charge in [0.2, 0.25) is 0 Å². The highest BCUT2D eigenvalue weighted by molar-refractivity contribution is 7.92. The van der Waals surface area contributed by atoms with Gasteiger partial charge in [-0.3, -0.25) is 0 Å². The van der Waals surface area contributed by atoms with Crippen LogP contribution in [0.5, 0.6) is 0 Å². The van der Waals surface area contributed by atoms with Gasteiger partial charge >= 0.3 is 6.09 Å². The average molecular weight is 407 g/mol. The van der Waals surface area contributed by atoms with E-state index in [1.54, 1.807) is 53.6 Å². The van der Waals surface area contributed by atoms with Crippen molar-refractivity contribution in [2.45, 2.75) is 41.0 Å². The lowest BCUT2D eigenvalue weighted by molar-refractivity contribution is 0.117. The van der Waals surface area contributed by atoms with E-state index >= 15 is 0 Å². The molecule has 4 atom stereocenters. The number of fused-ring (bicyclic) bond motifs is 2. The summed E-state index contributed by atoms with van der Waals surface area (Å²) in [6.45, 7) is 0. The summed E-state index contributed by atoms with van der Waals surface area (Å²) in [4.78, 5) is 18.4. The monoisotopic (exact) mass is 406 g/mol. The van der Waals surface area contributed by atoms with Crippen LogP contribution in [0, 0.1) is 0 Å². The van der Waals surface area contributed by atoms with Gasteiger partial charge in [0.15, 0.2) is 9.84 Å². The fourth-order valence-corrected chi connectivity index (χ4v) is 6.91. The summed E-state index contributed by atoms with van der Waals surface area (Å²) >= 11 is 5.91. The van der Waals surface area contributed by atoms with Crippen molar-refractivity contribution in [3.05, 3.63) is 59.4 Å². The molecule has 1 aromatic carbocycles. The van der Waals surface area contributed by atoms with Gasteiger partial charge in [0.25, 0.3) is 0 Å². The third-order valence-electron chi connectivity index (χ3n) is 5.57. The van der Waals surface area contributed by atoms with E-state index in [1.807, 2.05) is 0 Å². The van der Waals surface area contributed by atoms with Crippen molar-refractivity contribution in [3.8, 4) is 0 Å². The normalized spacial score (nSPS) is 27.0. The number of sulfone groups is 1. The van der Waals surface area contributed by atoms with Gasteiger partial charge in [-0.1, -0.05) is 35.9 Å². The number of hydrogen-bond donors (Lipinski definition) is 0. The molecule has 6 nitrogen and oxygen atoms in total. The van der Waals surface area contributed by atoms with Crippen LogP contribution >= 0.6 is 11.6 Å². The molecule has 1 aromatic heterocycles. The maximum absolute atomic E-state index is 13.5. The number of benzene rings is 1.